The number of hydrogen-bond acceptors (Lipinski definition) is 7. The highest BCUT2D eigenvalue weighted by atomic mass is 35.5. The maximum atomic E-state index is 12.0. The van der Waals surface area contributed by atoms with Crippen LogP contribution in [0.15, 0.2) is 40.4 Å². The molecule has 0 bridgehead atoms. The molecule has 0 unspecified atom stereocenters. The van der Waals surface area contributed by atoms with Gasteiger partial charge < -0.3 is 14.2 Å². The van der Waals surface area contributed by atoms with Crippen molar-refractivity contribution in [3.05, 3.63) is 56.7 Å². The van der Waals surface area contributed by atoms with Gasteiger partial charge in [0.2, 0.25) is 0 Å². The number of thiophene rings is 1. The van der Waals surface area contributed by atoms with E-state index in [1.165, 1.54) is 17.4 Å². The van der Waals surface area contributed by atoms with Crippen molar-refractivity contribution >= 4 is 46.3 Å². The summed E-state index contributed by atoms with van der Waals surface area (Å²) in [6, 6.07) is 5.54. The molecule has 0 atom stereocenters. The van der Waals surface area contributed by atoms with Crippen molar-refractivity contribution < 1.29 is 19.0 Å². The maximum absolute atomic E-state index is 12.0. The molecule has 0 N–H and O–H groups in total. The second kappa shape index (κ2) is 8.77. The van der Waals surface area contributed by atoms with Crippen LogP contribution in [0.1, 0.15) is 17.7 Å². The zero-order valence-electron chi connectivity index (χ0n) is 14.7. The van der Waals surface area contributed by atoms with Crippen molar-refractivity contribution in [3.8, 4) is 22.1 Å². The van der Waals surface area contributed by atoms with Crippen molar-refractivity contribution in [2.75, 3.05) is 13.2 Å². The molecule has 3 heterocycles. The lowest BCUT2D eigenvalue weighted by Crippen LogP contribution is -2.01. The molecule has 0 amide bonds. The minimum Gasteiger partial charge on any atom is -0.489 e. The first-order chi connectivity index (χ1) is 13.7. The monoisotopic (exact) mass is 433 g/mol. The number of hydrogen-bond donors (Lipinski definition) is 0. The molecule has 28 heavy (non-hydrogen) atoms. The molecule has 0 saturated heterocycles. The highest BCUT2D eigenvalue weighted by molar-refractivity contribution is 7.14. The summed E-state index contributed by atoms with van der Waals surface area (Å²) in [7, 11) is 0. The fourth-order valence-electron chi connectivity index (χ4n) is 2.60. The van der Waals surface area contributed by atoms with Gasteiger partial charge in [0.1, 0.15) is 11.6 Å². The van der Waals surface area contributed by atoms with Gasteiger partial charge in [0.25, 0.3) is 0 Å². The third kappa shape index (κ3) is 4.55. The Bertz CT molecular complexity index is 998. The molecular weight excluding hydrogens is 418 g/mol. The minimum absolute atomic E-state index is 0.131. The number of ether oxygens (including phenoxy) is 3. The van der Waals surface area contributed by atoms with Crippen LogP contribution < -0.4 is 9.47 Å². The normalized spacial score (nSPS) is 13.5. The van der Waals surface area contributed by atoms with Crippen LogP contribution in [0.25, 0.3) is 16.6 Å². The highest BCUT2D eigenvalue weighted by Crippen LogP contribution is 2.38. The molecule has 1 aromatic carbocycles. The van der Waals surface area contributed by atoms with Crippen LogP contribution in [-0.4, -0.2) is 24.2 Å². The van der Waals surface area contributed by atoms with Crippen molar-refractivity contribution in [1.29, 1.82) is 0 Å². The molecular formula is C20H16ClNO4S2. The molecule has 1 aliphatic heterocycles. The number of halogens is 1. The number of nitrogens with zero attached hydrogens (tertiary/aromatic N) is 1. The number of benzene rings is 1. The third-order valence-electron chi connectivity index (χ3n) is 3.92. The zero-order valence-corrected chi connectivity index (χ0v) is 17.1. The lowest BCUT2D eigenvalue weighted by Gasteiger charge is -2.09. The standard InChI is InChI=1S/C20H16ClNO4S2/c21-16-8-13(9-17-19(16)25-6-1-5-24-17)2-3-18(23)26-10-15-12-28-20(22-15)14-4-7-27-11-14/h2-4,7-9,11-12H,1,5-6,10H2/b3-2+. The van der Waals surface area contributed by atoms with E-state index in [9.17, 15) is 4.79 Å². The lowest BCUT2D eigenvalue weighted by molar-refractivity contribution is -0.139. The van der Waals surface area contributed by atoms with Crippen molar-refractivity contribution in [2.45, 2.75) is 13.0 Å². The summed E-state index contributed by atoms with van der Waals surface area (Å²) in [6.07, 6.45) is 3.80. The lowest BCUT2D eigenvalue weighted by atomic mass is 10.2. The Kier molecular flexibility index (Phi) is 5.95. The van der Waals surface area contributed by atoms with Crippen LogP contribution in [0.4, 0.5) is 0 Å². The summed E-state index contributed by atoms with van der Waals surface area (Å²) in [5.74, 6) is 0.679. The van der Waals surface area contributed by atoms with E-state index in [0.29, 0.717) is 29.7 Å². The van der Waals surface area contributed by atoms with Gasteiger partial charge >= 0.3 is 5.97 Å². The van der Waals surface area contributed by atoms with Gasteiger partial charge in [0.15, 0.2) is 11.5 Å². The molecule has 0 spiro atoms. The molecule has 5 nitrogen and oxygen atoms in total. The van der Waals surface area contributed by atoms with Gasteiger partial charge in [-0.25, -0.2) is 9.78 Å². The third-order valence-corrected chi connectivity index (χ3v) is 5.82. The van der Waals surface area contributed by atoms with Crippen LogP contribution in [0.2, 0.25) is 5.02 Å². The smallest absolute Gasteiger partial charge is 0.331 e. The first-order valence-electron chi connectivity index (χ1n) is 8.60. The van der Waals surface area contributed by atoms with Crippen molar-refractivity contribution in [1.82, 2.24) is 4.98 Å². The Hall–Kier alpha value is -2.35. The Labute approximate surface area is 175 Å². The predicted molar refractivity (Wildman–Crippen MR) is 111 cm³/mol. The van der Waals surface area contributed by atoms with Crippen LogP contribution in [-0.2, 0) is 16.1 Å². The summed E-state index contributed by atoms with van der Waals surface area (Å²) in [4.78, 5) is 16.5. The molecule has 4 rings (SSSR count). The summed E-state index contributed by atoms with van der Waals surface area (Å²) in [5, 5.41) is 7.32. The van der Waals surface area contributed by atoms with Crippen LogP contribution in [0, 0.1) is 0 Å². The van der Waals surface area contributed by atoms with Crippen molar-refractivity contribution in [2.24, 2.45) is 0 Å². The van der Waals surface area contributed by atoms with Gasteiger partial charge in [-0.3, -0.25) is 0 Å². The Morgan fingerprint density at radius 2 is 2.18 bits per heavy atom. The van der Waals surface area contributed by atoms with E-state index in [4.69, 9.17) is 25.8 Å². The molecule has 1 aliphatic rings. The van der Waals surface area contributed by atoms with Gasteiger partial charge in [-0.1, -0.05) is 11.6 Å². The van der Waals surface area contributed by atoms with Gasteiger partial charge in [0, 0.05) is 28.8 Å². The van der Waals surface area contributed by atoms with E-state index in [1.54, 1.807) is 29.5 Å². The molecule has 144 valence electrons. The van der Waals surface area contributed by atoms with Gasteiger partial charge in [-0.2, -0.15) is 11.3 Å². The summed E-state index contributed by atoms with van der Waals surface area (Å²) in [5.41, 5.74) is 2.55. The topological polar surface area (TPSA) is 57.7 Å². The number of esters is 1. The molecule has 2 aromatic heterocycles. The fourth-order valence-corrected chi connectivity index (χ4v) is 4.39. The quantitative estimate of drug-likeness (QED) is 0.396. The Morgan fingerprint density at radius 1 is 1.29 bits per heavy atom. The van der Waals surface area contributed by atoms with E-state index in [2.05, 4.69) is 4.98 Å². The second-order valence-corrected chi connectivity index (χ2v) is 8.02. The number of carbonyl (C=O) groups excluding carboxylic acids is 1. The zero-order chi connectivity index (χ0) is 19.3. The van der Waals surface area contributed by atoms with Gasteiger partial charge in [-0.15, -0.1) is 11.3 Å². The van der Waals surface area contributed by atoms with Crippen LogP contribution in [0.5, 0.6) is 11.5 Å². The van der Waals surface area contributed by atoms with E-state index in [-0.39, 0.29) is 6.61 Å². The fraction of sp³-hybridized carbons (Fsp3) is 0.200. The average molecular weight is 434 g/mol. The average Bonchev–Trinajstić information content (AvgIpc) is 3.32. The van der Waals surface area contributed by atoms with E-state index >= 15 is 0 Å². The minimum atomic E-state index is -0.451. The maximum Gasteiger partial charge on any atom is 0.331 e. The number of rotatable bonds is 5. The van der Waals surface area contributed by atoms with Crippen molar-refractivity contribution in [3.63, 3.8) is 0 Å². The van der Waals surface area contributed by atoms with Crippen LogP contribution >= 0.6 is 34.3 Å². The number of fused-ring (bicyclic) bond motifs is 1. The summed E-state index contributed by atoms with van der Waals surface area (Å²) in [6.45, 7) is 1.27. The number of carbonyl (C=O) groups is 1. The largest absolute Gasteiger partial charge is 0.489 e. The first-order valence-corrected chi connectivity index (χ1v) is 10.8. The first kappa shape index (κ1) is 19.0. The SMILES string of the molecule is O=C(/C=C/c1cc(Cl)c2c(c1)OCCCO2)OCc1csc(-c2ccsc2)n1. The van der Waals surface area contributed by atoms with E-state index in [0.717, 1.165) is 28.2 Å². The molecule has 0 fully saturated rings. The van der Waals surface area contributed by atoms with E-state index in [1.807, 2.05) is 22.2 Å². The van der Waals surface area contributed by atoms with Crippen LogP contribution in [0.3, 0.4) is 0 Å². The highest BCUT2D eigenvalue weighted by Gasteiger charge is 2.15. The molecule has 3 aromatic rings. The van der Waals surface area contributed by atoms with E-state index < -0.39 is 5.97 Å². The predicted octanol–water partition coefficient (Wildman–Crippen LogP) is 5.44. The number of aromatic nitrogens is 1. The molecule has 0 radical (unpaired) electrons. The molecule has 8 heteroatoms. The Balaban J connectivity index is 1.37. The Morgan fingerprint density at radius 3 is 3.04 bits per heavy atom. The second-order valence-electron chi connectivity index (χ2n) is 5.98. The van der Waals surface area contributed by atoms with Gasteiger partial charge in [0.05, 0.1) is 23.9 Å². The number of thiazole rings is 1. The molecule has 0 aliphatic carbocycles. The van der Waals surface area contributed by atoms with Gasteiger partial charge in [-0.05, 0) is 35.2 Å². The summed E-state index contributed by atoms with van der Waals surface area (Å²) < 4.78 is 16.5. The molecule has 0 saturated carbocycles. The summed E-state index contributed by atoms with van der Waals surface area (Å²) >= 11 is 9.41.